The van der Waals surface area contributed by atoms with Crippen molar-refractivity contribution in [3.8, 4) is 5.69 Å². The first-order chi connectivity index (χ1) is 12.9. The molecule has 0 aliphatic carbocycles. The Balaban J connectivity index is 1.91. The van der Waals surface area contributed by atoms with E-state index in [1.54, 1.807) is 29.9 Å². The van der Waals surface area contributed by atoms with E-state index >= 15 is 0 Å². The Labute approximate surface area is 152 Å². The van der Waals surface area contributed by atoms with Crippen LogP contribution < -0.4 is 5.32 Å². The van der Waals surface area contributed by atoms with Crippen molar-refractivity contribution in [3.63, 3.8) is 0 Å². The molecule has 0 saturated carbocycles. The zero-order valence-electron chi connectivity index (χ0n) is 14.3. The molecule has 0 spiro atoms. The van der Waals surface area contributed by atoms with Crippen LogP contribution in [0, 0.1) is 0 Å². The molecule has 3 aromatic rings. The van der Waals surface area contributed by atoms with Crippen LogP contribution >= 0.6 is 0 Å². The maximum atomic E-state index is 13.1. The zero-order chi connectivity index (χ0) is 19.2. The van der Waals surface area contributed by atoms with Gasteiger partial charge in [0, 0.05) is 24.9 Å². The Morgan fingerprint density at radius 3 is 2.78 bits per heavy atom. The lowest BCUT2D eigenvalue weighted by Gasteiger charge is -2.11. The molecule has 6 nitrogen and oxygen atoms in total. The van der Waals surface area contributed by atoms with Gasteiger partial charge in [0.05, 0.1) is 13.0 Å². The van der Waals surface area contributed by atoms with Crippen LogP contribution in [0.1, 0.15) is 17.1 Å². The quantitative estimate of drug-likeness (QED) is 0.760. The van der Waals surface area contributed by atoms with Gasteiger partial charge in [-0.3, -0.25) is 9.36 Å². The van der Waals surface area contributed by atoms with E-state index < -0.39 is 11.9 Å². The van der Waals surface area contributed by atoms with E-state index in [-0.39, 0.29) is 18.0 Å². The van der Waals surface area contributed by atoms with Crippen LogP contribution in [-0.2, 0) is 28.5 Å². The molecule has 3 heterocycles. The van der Waals surface area contributed by atoms with Crippen LogP contribution in [0.3, 0.4) is 0 Å². The third kappa shape index (κ3) is 3.14. The Morgan fingerprint density at radius 1 is 1.22 bits per heavy atom. The number of rotatable bonds is 4. The number of carbonyl (C=O) groups is 1. The fourth-order valence-electron chi connectivity index (χ4n) is 3.15. The third-order valence-electron chi connectivity index (χ3n) is 4.37. The summed E-state index contributed by atoms with van der Waals surface area (Å²) in [5.74, 6) is 0.422. The maximum Gasteiger partial charge on any atom is 0.433 e. The van der Waals surface area contributed by atoms with E-state index in [9.17, 15) is 18.0 Å². The molecular formula is C18H15F3N4O2. The highest BCUT2D eigenvalue weighted by molar-refractivity contribution is 5.99. The van der Waals surface area contributed by atoms with Gasteiger partial charge in [-0.05, 0) is 35.9 Å². The van der Waals surface area contributed by atoms with Gasteiger partial charge in [-0.25, -0.2) is 9.97 Å². The van der Waals surface area contributed by atoms with Crippen molar-refractivity contribution in [1.29, 1.82) is 0 Å². The first kappa shape index (κ1) is 17.5. The molecule has 0 unspecified atom stereocenters. The van der Waals surface area contributed by atoms with Gasteiger partial charge < -0.3 is 10.1 Å². The van der Waals surface area contributed by atoms with Crippen LogP contribution in [0.2, 0.25) is 0 Å². The standard InChI is InChI=1S/C18H15F3N4O2/c1-27-7-6-15-22-13-4-5-14(18(19,20)21)24-17(13)25(15)11-2-3-12-10(8-11)9-16(26)23-12/h2-5,8H,6-7,9H2,1H3,(H,23,26). The molecule has 1 aromatic carbocycles. The van der Waals surface area contributed by atoms with Gasteiger partial charge in [-0.1, -0.05) is 0 Å². The number of hydrogen-bond acceptors (Lipinski definition) is 4. The summed E-state index contributed by atoms with van der Waals surface area (Å²) in [5.41, 5.74) is 1.59. The minimum Gasteiger partial charge on any atom is -0.384 e. The number of methoxy groups -OCH3 is 1. The van der Waals surface area contributed by atoms with Gasteiger partial charge in [0.15, 0.2) is 5.65 Å². The predicted octanol–water partition coefficient (Wildman–Crippen LogP) is 3.12. The highest BCUT2D eigenvalue weighted by Crippen LogP contribution is 2.31. The van der Waals surface area contributed by atoms with E-state index in [4.69, 9.17) is 4.74 Å². The summed E-state index contributed by atoms with van der Waals surface area (Å²) in [6.45, 7) is 0.362. The summed E-state index contributed by atoms with van der Waals surface area (Å²) in [7, 11) is 1.54. The first-order valence-electron chi connectivity index (χ1n) is 8.24. The number of benzene rings is 1. The smallest absolute Gasteiger partial charge is 0.384 e. The second kappa shape index (κ2) is 6.34. The van der Waals surface area contributed by atoms with Crippen LogP contribution in [0.15, 0.2) is 30.3 Å². The molecule has 140 valence electrons. The van der Waals surface area contributed by atoms with Crippen molar-refractivity contribution in [2.24, 2.45) is 0 Å². The van der Waals surface area contributed by atoms with Crippen molar-refractivity contribution < 1.29 is 22.7 Å². The molecule has 0 atom stereocenters. The summed E-state index contributed by atoms with van der Waals surface area (Å²) in [5, 5.41) is 2.74. The molecule has 1 N–H and O–H groups in total. The Morgan fingerprint density at radius 2 is 2.04 bits per heavy atom. The van der Waals surface area contributed by atoms with Gasteiger partial charge in [0.1, 0.15) is 17.0 Å². The number of hydrogen-bond donors (Lipinski definition) is 1. The molecule has 0 saturated heterocycles. The van der Waals surface area contributed by atoms with E-state index in [1.807, 2.05) is 0 Å². The van der Waals surface area contributed by atoms with Crippen LogP contribution in [0.4, 0.5) is 18.9 Å². The molecule has 0 radical (unpaired) electrons. The second-order valence-electron chi connectivity index (χ2n) is 6.21. The third-order valence-corrected chi connectivity index (χ3v) is 4.37. The first-order valence-corrected chi connectivity index (χ1v) is 8.24. The molecule has 0 fully saturated rings. The summed E-state index contributed by atoms with van der Waals surface area (Å²) in [6, 6.07) is 7.47. The van der Waals surface area contributed by atoms with E-state index in [0.717, 1.165) is 11.6 Å². The minimum absolute atomic E-state index is 0.116. The second-order valence-corrected chi connectivity index (χ2v) is 6.21. The zero-order valence-corrected chi connectivity index (χ0v) is 14.3. The Hall–Kier alpha value is -2.94. The highest BCUT2D eigenvalue weighted by atomic mass is 19.4. The number of nitrogens with one attached hydrogen (secondary N) is 1. The fraction of sp³-hybridized carbons (Fsp3) is 0.278. The van der Waals surface area contributed by atoms with Crippen LogP contribution in [0.25, 0.3) is 16.9 Å². The van der Waals surface area contributed by atoms with E-state index in [2.05, 4.69) is 15.3 Å². The van der Waals surface area contributed by atoms with Crippen molar-refractivity contribution in [3.05, 3.63) is 47.4 Å². The number of imidazole rings is 1. The topological polar surface area (TPSA) is 69.0 Å². The predicted molar refractivity (Wildman–Crippen MR) is 91.8 cm³/mol. The highest BCUT2D eigenvalue weighted by Gasteiger charge is 2.33. The van der Waals surface area contributed by atoms with Crippen molar-refractivity contribution in [2.45, 2.75) is 19.0 Å². The normalized spacial score (nSPS) is 13.9. The molecule has 1 aliphatic heterocycles. The molecule has 1 aliphatic rings. The number of ether oxygens (including phenoxy) is 1. The number of pyridine rings is 1. The van der Waals surface area contributed by atoms with Gasteiger partial charge in [0.25, 0.3) is 0 Å². The van der Waals surface area contributed by atoms with E-state index in [1.165, 1.54) is 6.07 Å². The number of anilines is 1. The summed E-state index contributed by atoms with van der Waals surface area (Å²) in [4.78, 5) is 19.8. The van der Waals surface area contributed by atoms with Crippen molar-refractivity contribution in [2.75, 3.05) is 19.0 Å². The monoisotopic (exact) mass is 376 g/mol. The Bertz CT molecular complexity index is 1040. The number of alkyl halides is 3. The van der Waals surface area contributed by atoms with Gasteiger partial charge in [0.2, 0.25) is 5.91 Å². The number of aromatic nitrogens is 3. The van der Waals surface area contributed by atoms with Crippen molar-refractivity contribution >= 4 is 22.8 Å². The number of halogens is 3. The molecule has 2 aromatic heterocycles. The number of nitrogens with zero attached hydrogens (tertiary/aromatic N) is 3. The molecule has 1 amide bonds. The van der Waals surface area contributed by atoms with Gasteiger partial charge in [-0.15, -0.1) is 0 Å². The number of carbonyl (C=O) groups excluding carboxylic acids is 1. The fourth-order valence-corrected chi connectivity index (χ4v) is 3.15. The lowest BCUT2D eigenvalue weighted by molar-refractivity contribution is -0.141. The number of amides is 1. The van der Waals surface area contributed by atoms with E-state index in [0.29, 0.717) is 35.7 Å². The average molecular weight is 376 g/mol. The summed E-state index contributed by atoms with van der Waals surface area (Å²) >= 11 is 0. The molecular weight excluding hydrogens is 361 g/mol. The van der Waals surface area contributed by atoms with Gasteiger partial charge >= 0.3 is 6.18 Å². The lowest BCUT2D eigenvalue weighted by Crippen LogP contribution is -2.10. The molecule has 27 heavy (non-hydrogen) atoms. The van der Waals surface area contributed by atoms with Crippen LogP contribution in [-0.4, -0.2) is 34.2 Å². The molecule has 9 heteroatoms. The van der Waals surface area contributed by atoms with Crippen molar-refractivity contribution in [1.82, 2.24) is 14.5 Å². The Kier molecular flexibility index (Phi) is 4.11. The van der Waals surface area contributed by atoms with Gasteiger partial charge in [-0.2, -0.15) is 13.2 Å². The van der Waals surface area contributed by atoms with Crippen LogP contribution in [0.5, 0.6) is 0 Å². The molecule has 4 rings (SSSR count). The average Bonchev–Trinajstić information content (AvgIpc) is 3.16. The number of fused-ring (bicyclic) bond motifs is 2. The summed E-state index contributed by atoms with van der Waals surface area (Å²) in [6.07, 6.45) is -3.92. The molecule has 0 bridgehead atoms. The largest absolute Gasteiger partial charge is 0.433 e. The summed E-state index contributed by atoms with van der Waals surface area (Å²) < 4.78 is 46.1. The SMILES string of the molecule is COCCc1nc2ccc(C(F)(F)F)nc2n1-c1ccc2c(c1)CC(=O)N2. The minimum atomic E-state index is -4.55. The lowest BCUT2D eigenvalue weighted by atomic mass is 10.1. The maximum absolute atomic E-state index is 13.1.